The molecule has 0 aliphatic rings. The maximum absolute atomic E-state index is 14.1. The number of rotatable bonds is 9. The quantitative estimate of drug-likeness (QED) is 0.664. The lowest BCUT2D eigenvalue weighted by Crippen LogP contribution is -2.46. The summed E-state index contributed by atoms with van der Waals surface area (Å²) < 4.78 is 40.9. The van der Waals surface area contributed by atoms with Crippen molar-refractivity contribution < 1.29 is 17.6 Å². The average Bonchev–Trinajstić information content (AvgIpc) is 2.64. The minimum absolute atomic E-state index is 0.161. The minimum Gasteiger partial charge on any atom is -0.355 e. The van der Waals surface area contributed by atoms with Crippen LogP contribution < -0.4 is 9.62 Å². The molecule has 0 atom stereocenters. The van der Waals surface area contributed by atoms with Gasteiger partial charge in [-0.15, -0.1) is 0 Å². The zero-order chi connectivity index (χ0) is 19.9. The zero-order valence-corrected chi connectivity index (χ0v) is 16.2. The van der Waals surface area contributed by atoms with Crippen LogP contribution in [0.3, 0.4) is 0 Å². The third-order valence-corrected chi connectivity index (χ3v) is 5.76. The van der Waals surface area contributed by atoms with Crippen LogP contribution in [0.1, 0.15) is 12.0 Å². The number of nitrogens with one attached hydrogen (secondary N) is 1. The molecule has 146 valence electrons. The van der Waals surface area contributed by atoms with E-state index < -0.39 is 28.5 Å². The van der Waals surface area contributed by atoms with Crippen molar-refractivity contribution in [2.45, 2.75) is 12.8 Å². The maximum Gasteiger partial charge on any atom is 0.304 e. The molecule has 6 nitrogen and oxygen atoms in total. The fourth-order valence-corrected chi connectivity index (χ4v) is 3.56. The fourth-order valence-electron chi connectivity index (χ4n) is 2.49. The molecule has 0 aliphatic carbocycles. The van der Waals surface area contributed by atoms with E-state index in [2.05, 4.69) is 5.32 Å². The van der Waals surface area contributed by atoms with Crippen LogP contribution in [0, 0.1) is 5.82 Å². The third kappa shape index (κ3) is 5.77. The van der Waals surface area contributed by atoms with E-state index in [0.29, 0.717) is 6.54 Å². The summed E-state index contributed by atoms with van der Waals surface area (Å²) in [4.78, 5) is 12.3. The molecule has 0 heterocycles. The van der Waals surface area contributed by atoms with E-state index in [1.54, 1.807) is 0 Å². The molecule has 0 spiro atoms. The summed E-state index contributed by atoms with van der Waals surface area (Å²) in [6.45, 7) is -0.0896. The second-order valence-electron chi connectivity index (χ2n) is 6.19. The second kappa shape index (κ2) is 9.48. The highest BCUT2D eigenvalue weighted by Gasteiger charge is 2.29. The summed E-state index contributed by atoms with van der Waals surface area (Å²) in [5.74, 6) is -1.20. The lowest BCUT2D eigenvalue weighted by atomic mass is 10.1. The Morgan fingerprint density at radius 3 is 2.30 bits per heavy atom. The van der Waals surface area contributed by atoms with Gasteiger partial charge in [-0.05, 0) is 30.5 Å². The minimum atomic E-state index is -4.02. The van der Waals surface area contributed by atoms with Crippen molar-refractivity contribution in [2.24, 2.45) is 0 Å². The Hall–Kier alpha value is -2.45. The van der Waals surface area contributed by atoms with Gasteiger partial charge >= 0.3 is 10.2 Å². The van der Waals surface area contributed by atoms with Crippen molar-refractivity contribution in [2.75, 3.05) is 31.5 Å². The van der Waals surface area contributed by atoms with E-state index in [0.717, 1.165) is 33.1 Å². The molecule has 2 aromatic rings. The molecular formula is C19H24FN3O3S. The first-order valence-corrected chi connectivity index (χ1v) is 9.97. The molecule has 1 amide bonds. The first kappa shape index (κ1) is 20.9. The Balaban J connectivity index is 2.00. The van der Waals surface area contributed by atoms with Gasteiger partial charge in [-0.2, -0.15) is 12.7 Å². The number of carbonyl (C=O) groups excluding carboxylic acids is 1. The lowest BCUT2D eigenvalue weighted by molar-refractivity contribution is -0.119. The number of nitrogens with zero attached hydrogens (tertiary/aromatic N) is 2. The van der Waals surface area contributed by atoms with Crippen LogP contribution in [0.25, 0.3) is 0 Å². The van der Waals surface area contributed by atoms with E-state index in [9.17, 15) is 17.6 Å². The molecule has 0 fully saturated rings. The smallest absolute Gasteiger partial charge is 0.304 e. The van der Waals surface area contributed by atoms with E-state index in [1.807, 2.05) is 30.3 Å². The van der Waals surface area contributed by atoms with E-state index in [-0.39, 0.29) is 5.69 Å². The van der Waals surface area contributed by atoms with Crippen LogP contribution in [0.15, 0.2) is 54.6 Å². The number of halogens is 1. The monoisotopic (exact) mass is 393 g/mol. The molecule has 0 radical (unpaired) electrons. The van der Waals surface area contributed by atoms with Gasteiger partial charge in [0.2, 0.25) is 5.91 Å². The highest BCUT2D eigenvalue weighted by molar-refractivity contribution is 7.90. The van der Waals surface area contributed by atoms with Gasteiger partial charge in [-0.3, -0.25) is 4.79 Å². The summed E-state index contributed by atoms with van der Waals surface area (Å²) in [7, 11) is -1.35. The van der Waals surface area contributed by atoms with Crippen LogP contribution >= 0.6 is 0 Å². The topological polar surface area (TPSA) is 69.7 Å². The Labute approximate surface area is 159 Å². The molecule has 0 aromatic heterocycles. The van der Waals surface area contributed by atoms with Crippen molar-refractivity contribution >= 4 is 21.8 Å². The molecule has 2 aromatic carbocycles. The first-order chi connectivity index (χ1) is 12.8. The number of para-hydroxylation sites is 1. The first-order valence-electron chi connectivity index (χ1n) is 8.57. The predicted octanol–water partition coefficient (Wildman–Crippen LogP) is 2.19. The van der Waals surface area contributed by atoms with Gasteiger partial charge in [0.25, 0.3) is 0 Å². The normalized spacial score (nSPS) is 11.4. The Bertz CT molecular complexity index is 858. The Kier molecular flexibility index (Phi) is 7.32. The largest absolute Gasteiger partial charge is 0.355 e. The van der Waals surface area contributed by atoms with Crippen LogP contribution in [0.5, 0.6) is 0 Å². The molecule has 2 rings (SSSR count). The van der Waals surface area contributed by atoms with Gasteiger partial charge < -0.3 is 5.32 Å². The van der Waals surface area contributed by atoms with Crippen molar-refractivity contribution in [1.82, 2.24) is 9.62 Å². The molecule has 27 heavy (non-hydrogen) atoms. The number of carbonyl (C=O) groups is 1. The van der Waals surface area contributed by atoms with Gasteiger partial charge in [0.1, 0.15) is 12.4 Å². The number of amides is 1. The molecule has 0 unspecified atom stereocenters. The molecule has 0 saturated carbocycles. The van der Waals surface area contributed by atoms with Crippen LogP contribution in [0.2, 0.25) is 0 Å². The molecule has 0 saturated heterocycles. The van der Waals surface area contributed by atoms with Crippen molar-refractivity contribution in [3.05, 3.63) is 66.0 Å². The van der Waals surface area contributed by atoms with E-state index in [1.165, 1.54) is 32.3 Å². The number of aryl methyl sites for hydroxylation is 1. The maximum atomic E-state index is 14.1. The van der Waals surface area contributed by atoms with Gasteiger partial charge in [0, 0.05) is 20.6 Å². The summed E-state index contributed by atoms with van der Waals surface area (Å²) in [6, 6.07) is 15.3. The van der Waals surface area contributed by atoms with Gasteiger partial charge in [-0.1, -0.05) is 42.5 Å². The Morgan fingerprint density at radius 1 is 1.04 bits per heavy atom. The van der Waals surface area contributed by atoms with Crippen molar-refractivity contribution in [3.63, 3.8) is 0 Å². The average molecular weight is 393 g/mol. The van der Waals surface area contributed by atoms with Crippen molar-refractivity contribution in [1.29, 1.82) is 0 Å². The highest BCUT2D eigenvalue weighted by Crippen LogP contribution is 2.22. The molecular weight excluding hydrogens is 369 g/mol. The SMILES string of the molecule is CN(C)S(=O)(=O)N(CC(=O)NCCCc1ccccc1)c1ccccc1F. The molecule has 8 heteroatoms. The van der Waals surface area contributed by atoms with Crippen LogP contribution in [-0.4, -0.2) is 45.8 Å². The van der Waals surface area contributed by atoms with Crippen LogP contribution in [-0.2, 0) is 21.4 Å². The van der Waals surface area contributed by atoms with Crippen molar-refractivity contribution in [3.8, 4) is 0 Å². The molecule has 0 bridgehead atoms. The standard InChI is InChI=1S/C19H24FN3O3S/c1-22(2)27(25,26)23(18-13-7-6-12-17(18)20)15-19(24)21-14-8-11-16-9-4-3-5-10-16/h3-7,9-10,12-13H,8,11,14-15H2,1-2H3,(H,21,24). The van der Waals surface area contributed by atoms with Gasteiger partial charge in [0.05, 0.1) is 5.69 Å². The summed E-state index contributed by atoms with van der Waals surface area (Å²) >= 11 is 0. The second-order valence-corrected chi connectivity index (χ2v) is 8.25. The summed E-state index contributed by atoms with van der Waals surface area (Å²) in [5, 5.41) is 2.70. The summed E-state index contributed by atoms with van der Waals surface area (Å²) in [5.41, 5.74) is 1.00. The third-order valence-electron chi connectivity index (χ3n) is 3.96. The van der Waals surface area contributed by atoms with Crippen LogP contribution in [0.4, 0.5) is 10.1 Å². The number of hydrogen-bond acceptors (Lipinski definition) is 3. The zero-order valence-electron chi connectivity index (χ0n) is 15.4. The van der Waals surface area contributed by atoms with Gasteiger partial charge in [-0.25, -0.2) is 8.70 Å². The van der Waals surface area contributed by atoms with Gasteiger partial charge in [0.15, 0.2) is 0 Å². The molecule has 1 N–H and O–H groups in total. The predicted molar refractivity (Wildman–Crippen MR) is 104 cm³/mol. The number of hydrogen-bond donors (Lipinski definition) is 1. The highest BCUT2D eigenvalue weighted by atomic mass is 32.2. The fraction of sp³-hybridized carbons (Fsp3) is 0.316. The summed E-state index contributed by atoms with van der Waals surface area (Å²) in [6.07, 6.45) is 1.52. The lowest BCUT2D eigenvalue weighted by Gasteiger charge is -2.27. The molecule has 0 aliphatic heterocycles. The van der Waals surface area contributed by atoms with E-state index in [4.69, 9.17) is 0 Å². The van der Waals surface area contributed by atoms with E-state index >= 15 is 0 Å². The number of anilines is 1. The number of benzene rings is 2. The Morgan fingerprint density at radius 2 is 1.67 bits per heavy atom.